The van der Waals surface area contributed by atoms with E-state index in [-0.39, 0.29) is 16.7 Å². The number of alkyl halides is 6. The fourth-order valence-corrected chi connectivity index (χ4v) is 2.49. The number of hydrogen-bond acceptors (Lipinski definition) is 6. The lowest BCUT2D eigenvalue weighted by molar-refractivity contribution is -0.274. The first-order chi connectivity index (χ1) is 14.8. The summed E-state index contributed by atoms with van der Waals surface area (Å²) < 4.78 is 86.5. The fraction of sp³-hybridized carbons (Fsp3) is 0.176. The molecule has 0 radical (unpaired) electrons. The molecule has 3 rings (SSSR count). The van der Waals surface area contributed by atoms with E-state index in [9.17, 15) is 31.1 Å². The summed E-state index contributed by atoms with van der Waals surface area (Å²) in [6, 6.07) is 3.07. The summed E-state index contributed by atoms with van der Waals surface area (Å²) in [6.07, 6.45) is -8.13. The monoisotopic (exact) mass is 481 g/mol. The number of nitrogens with zero attached hydrogens (tertiary/aromatic N) is 4. The van der Waals surface area contributed by atoms with Crippen LogP contribution in [0.2, 0.25) is 5.02 Å². The van der Waals surface area contributed by atoms with Crippen LogP contribution in [0.4, 0.5) is 32.3 Å². The second kappa shape index (κ2) is 8.53. The van der Waals surface area contributed by atoms with Gasteiger partial charge in [-0.25, -0.2) is 9.97 Å². The zero-order valence-electron chi connectivity index (χ0n) is 15.6. The molecule has 1 aromatic carbocycles. The van der Waals surface area contributed by atoms with Crippen LogP contribution in [-0.4, -0.2) is 32.0 Å². The van der Waals surface area contributed by atoms with E-state index in [4.69, 9.17) is 16.3 Å². The van der Waals surface area contributed by atoms with Gasteiger partial charge in [0.05, 0.1) is 10.6 Å². The number of carbonyl (C=O) groups is 1. The van der Waals surface area contributed by atoms with Crippen LogP contribution in [0.5, 0.6) is 17.4 Å². The van der Waals surface area contributed by atoms with Crippen molar-refractivity contribution in [3.05, 3.63) is 52.9 Å². The highest BCUT2D eigenvalue weighted by Crippen LogP contribution is 2.36. The van der Waals surface area contributed by atoms with E-state index in [1.165, 1.54) is 18.1 Å². The number of anilines is 1. The zero-order valence-corrected chi connectivity index (χ0v) is 16.4. The first kappa shape index (κ1) is 23.1. The SMILES string of the molecule is Cn1cnc(NC(=O)c2cc(C(F)(F)F)cnc2Oc2ccc(OC(F)(F)F)cc2Cl)n1. The molecule has 0 aliphatic rings. The average Bonchev–Trinajstić information content (AvgIpc) is 3.06. The average molecular weight is 482 g/mol. The highest BCUT2D eigenvalue weighted by molar-refractivity contribution is 6.32. The smallest absolute Gasteiger partial charge is 0.437 e. The van der Waals surface area contributed by atoms with E-state index < -0.39 is 41.2 Å². The number of aryl methyl sites for hydroxylation is 1. The largest absolute Gasteiger partial charge is 0.573 e. The lowest BCUT2D eigenvalue weighted by Gasteiger charge is -2.14. The minimum Gasteiger partial charge on any atom is -0.437 e. The number of carbonyl (C=O) groups excluding carboxylic acids is 1. The van der Waals surface area contributed by atoms with Crippen molar-refractivity contribution in [1.29, 1.82) is 0 Å². The molecule has 0 spiro atoms. The summed E-state index contributed by atoms with van der Waals surface area (Å²) >= 11 is 5.87. The van der Waals surface area contributed by atoms with Gasteiger partial charge in [0, 0.05) is 19.3 Å². The third-order valence-corrected chi connectivity index (χ3v) is 3.89. The second-order valence-electron chi connectivity index (χ2n) is 6.01. The molecule has 0 saturated carbocycles. The van der Waals surface area contributed by atoms with Crippen molar-refractivity contribution < 1.29 is 40.6 Å². The van der Waals surface area contributed by atoms with Crippen LogP contribution in [0, 0.1) is 0 Å². The van der Waals surface area contributed by atoms with Gasteiger partial charge in [-0.05, 0) is 18.2 Å². The zero-order chi connectivity index (χ0) is 23.7. The van der Waals surface area contributed by atoms with Crippen LogP contribution < -0.4 is 14.8 Å². The van der Waals surface area contributed by atoms with Gasteiger partial charge in [0.15, 0.2) is 0 Å². The van der Waals surface area contributed by atoms with Crippen molar-refractivity contribution in [2.24, 2.45) is 7.05 Å². The Morgan fingerprint density at radius 2 is 1.84 bits per heavy atom. The molecule has 0 aliphatic heterocycles. The fourth-order valence-electron chi connectivity index (χ4n) is 2.28. The topological polar surface area (TPSA) is 91.2 Å². The molecular weight excluding hydrogens is 472 g/mol. The number of benzene rings is 1. The highest BCUT2D eigenvalue weighted by atomic mass is 35.5. The van der Waals surface area contributed by atoms with E-state index in [1.807, 2.05) is 0 Å². The Kier molecular flexibility index (Phi) is 6.16. The predicted molar refractivity (Wildman–Crippen MR) is 96.4 cm³/mol. The van der Waals surface area contributed by atoms with Gasteiger partial charge in [-0.2, -0.15) is 13.2 Å². The molecule has 15 heteroatoms. The molecule has 0 aliphatic carbocycles. The minimum atomic E-state index is -4.97. The number of aromatic nitrogens is 4. The number of pyridine rings is 1. The van der Waals surface area contributed by atoms with Gasteiger partial charge in [-0.3, -0.25) is 14.8 Å². The maximum atomic E-state index is 13.1. The van der Waals surface area contributed by atoms with Crippen molar-refractivity contribution in [2.45, 2.75) is 12.5 Å². The standard InChI is InChI=1S/C17H10ClF6N5O3/c1-29-7-26-15(28-29)27-13(30)10-4-8(16(19,20)21)6-25-14(10)31-12-3-2-9(5-11(12)18)32-17(22,23)24/h2-7H,1H3,(H,27,28,30). The molecule has 0 fully saturated rings. The molecule has 2 heterocycles. The molecular formula is C17H10ClF6N5O3. The quantitative estimate of drug-likeness (QED) is 0.525. The van der Waals surface area contributed by atoms with E-state index in [0.717, 1.165) is 18.2 Å². The first-order valence-electron chi connectivity index (χ1n) is 8.29. The third-order valence-electron chi connectivity index (χ3n) is 3.59. The van der Waals surface area contributed by atoms with Crippen molar-refractivity contribution in [3.63, 3.8) is 0 Å². The number of hydrogen-bond donors (Lipinski definition) is 1. The van der Waals surface area contributed by atoms with Gasteiger partial charge >= 0.3 is 12.5 Å². The lowest BCUT2D eigenvalue weighted by Crippen LogP contribution is -2.17. The summed E-state index contributed by atoms with van der Waals surface area (Å²) in [5, 5.41) is 5.58. The molecule has 0 atom stereocenters. The minimum absolute atomic E-state index is 0.201. The van der Waals surface area contributed by atoms with Crippen LogP contribution in [0.25, 0.3) is 0 Å². The number of amides is 1. The third kappa shape index (κ3) is 5.78. The van der Waals surface area contributed by atoms with E-state index >= 15 is 0 Å². The number of rotatable bonds is 5. The Morgan fingerprint density at radius 3 is 2.41 bits per heavy atom. The molecule has 1 N–H and O–H groups in total. The Hall–Kier alpha value is -3.55. The van der Waals surface area contributed by atoms with Crippen LogP contribution in [-0.2, 0) is 13.2 Å². The summed E-state index contributed by atoms with van der Waals surface area (Å²) in [6.45, 7) is 0. The Balaban J connectivity index is 1.94. The Bertz CT molecular complexity index is 1150. The van der Waals surface area contributed by atoms with E-state index in [1.54, 1.807) is 0 Å². The maximum absolute atomic E-state index is 13.1. The first-order valence-corrected chi connectivity index (χ1v) is 8.67. The van der Waals surface area contributed by atoms with Gasteiger partial charge in [0.1, 0.15) is 23.4 Å². The van der Waals surface area contributed by atoms with Crippen LogP contribution >= 0.6 is 11.6 Å². The molecule has 2 aromatic heterocycles. The lowest BCUT2D eigenvalue weighted by atomic mass is 10.1. The molecule has 0 saturated heterocycles. The molecule has 8 nitrogen and oxygen atoms in total. The van der Waals surface area contributed by atoms with Gasteiger partial charge < -0.3 is 9.47 Å². The van der Waals surface area contributed by atoms with Crippen molar-refractivity contribution >= 4 is 23.5 Å². The molecule has 0 unspecified atom stereocenters. The van der Waals surface area contributed by atoms with E-state index in [0.29, 0.717) is 12.3 Å². The van der Waals surface area contributed by atoms with Gasteiger partial charge in [0.25, 0.3) is 5.91 Å². The summed E-state index contributed by atoms with van der Waals surface area (Å²) in [5.74, 6) is -2.84. The predicted octanol–water partition coefficient (Wildman–Crippen LogP) is 4.83. The normalized spacial score (nSPS) is 11.9. The molecule has 32 heavy (non-hydrogen) atoms. The van der Waals surface area contributed by atoms with Crippen molar-refractivity contribution in [1.82, 2.24) is 19.7 Å². The number of nitrogens with one attached hydrogen (secondary N) is 1. The molecule has 0 bridgehead atoms. The van der Waals surface area contributed by atoms with Crippen LogP contribution in [0.1, 0.15) is 15.9 Å². The Labute approximate surface area is 179 Å². The summed E-state index contributed by atoms with van der Waals surface area (Å²) in [5.41, 5.74) is -1.90. The van der Waals surface area contributed by atoms with Gasteiger partial charge in [-0.15, -0.1) is 18.3 Å². The van der Waals surface area contributed by atoms with E-state index in [2.05, 4.69) is 25.1 Å². The molecule has 1 amide bonds. The van der Waals surface area contributed by atoms with Crippen molar-refractivity contribution in [2.75, 3.05) is 5.32 Å². The van der Waals surface area contributed by atoms with Crippen LogP contribution in [0.3, 0.4) is 0 Å². The highest BCUT2D eigenvalue weighted by Gasteiger charge is 2.34. The van der Waals surface area contributed by atoms with Gasteiger partial charge in [0.2, 0.25) is 11.8 Å². The maximum Gasteiger partial charge on any atom is 0.573 e. The molecule has 3 aromatic rings. The summed E-state index contributed by atoms with van der Waals surface area (Å²) in [4.78, 5) is 19.8. The van der Waals surface area contributed by atoms with Gasteiger partial charge in [-0.1, -0.05) is 11.6 Å². The molecule has 170 valence electrons. The van der Waals surface area contributed by atoms with Crippen LogP contribution in [0.15, 0.2) is 36.8 Å². The summed E-state index contributed by atoms with van der Waals surface area (Å²) in [7, 11) is 1.50. The Morgan fingerprint density at radius 1 is 1.12 bits per heavy atom. The number of ether oxygens (including phenoxy) is 2. The van der Waals surface area contributed by atoms with Crippen molar-refractivity contribution in [3.8, 4) is 17.4 Å². The number of halogens is 7. The second-order valence-corrected chi connectivity index (χ2v) is 6.42.